The third-order valence-corrected chi connectivity index (χ3v) is 3.71. The first-order valence-corrected chi connectivity index (χ1v) is 6.83. The smallest absolute Gasteiger partial charge is 0.0378 e. The SMILES string of the molecule is CNC(CC1=CCCCC1)Cc1cnccc1N. The molecule has 3 N–H and O–H groups in total. The molecule has 0 saturated carbocycles. The first-order valence-electron chi connectivity index (χ1n) is 6.83. The van der Waals surface area contributed by atoms with Gasteiger partial charge < -0.3 is 11.1 Å². The van der Waals surface area contributed by atoms with Gasteiger partial charge in [0, 0.05) is 24.1 Å². The summed E-state index contributed by atoms with van der Waals surface area (Å²) in [6.07, 6.45) is 13.3. The number of allylic oxidation sites excluding steroid dienone is 1. The summed E-state index contributed by atoms with van der Waals surface area (Å²) in [5.74, 6) is 0. The average molecular weight is 245 g/mol. The number of nitrogens with zero attached hydrogens (tertiary/aromatic N) is 1. The van der Waals surface area contributed by atoms with E-state index in [9.17, 15) is 0 Å². The Morgan fingerprint density at radius 1 is 1.39 bits per heavy atom. The molecule has 1 heterocycles. The van der Waals surface area contributed by atoms with E-state index in [1.807, 2.05) is 19.3 Å². The molecule has 1 atom stereocenters. The monoisotopic (exact) mass is 245 g/mol. The van der Waals surface area contributed by atoms with Crippen LogP contribution in [0.4, 0.5) is 5.69 Å². The molecular weight excluding hydrogens is 222 g/mol. The normalized spacial score (nSPS) is 17.3. The number of hydrogen-bond donors (Lipinski definition) is 2. The molecule has 1 aliphatic carbocycles. The van der Waals surface area contributed by atoms with Gasteiger partial charge in [-0.1, -0.05) is 11.6 Å². The van der Waals surface area contributed by atoms with Crippen molar-refractivity contribution in [3.8, 4) is 0 Å². The van der Waals surface area contributed by atoms with Gasteiger partial charge in [0.15, 0.2) is 0 Å². The highest BCUT2D eigenvalue weighted by atomic mass is 14.9. The van der Waals surface area contributed by atoms with Crippen LogP contribution in [0.1, 0.15) is 37.7 Å². The van der Waals surface area contributed by atoms with Crippen molar-refractivity contribution in [3.05, 3.63) is 35.7 Å². The fourth-order valence-electron chi connectivity index (χ4n) is 2.56. The van der Waals surface area contributed by atoms with Crippen LogP contribution in [0.5, 0.6) is 0 Å². The molecule has 18 heavy (non-hydrogen) atoms. The largest absolute Gasteiger partial charge is 0.398 e. The van der Waals surface area contributed by atoms with Crippen molar-refractivity contribution < 1.29 is 0 Å². The Bertz CT molecular complexity index is 412. The molecule has 0 amide bonds. The van der Waals surface area contributed by atoms with Crippen molar-refractivity contribution in [3.63, 3.8) is 0 Å². The molecule has 0 aromatic carbocycles. The lowest BCUT2D eigenvalue weighted by Crippen LogP contribution is -2.28. The first kappa shape index (κ1) is 13.1. The van der Waals surface area contributed by atoms with Gasteiger partial charge in [-0.15, -0.1) is 0 Å². The number of nitrogens with one attached hydrogen (secondary N) is 1. The molecule has 3 nitrogen and oxygen atoms in total. The molecule has 0 saturated heterocycles. The Hall–Kier alpha value is -1.35. The number of aromatic nitrogens is 1. The highest BCUT2D eigenvalue weighted by molar-refractivity contribution is 5.44. The van der Waals surface area contributed by atoms with E-state index in [2.05, 4.69) is 16.4 Å². The predicted octanol–water partition coefficient (Wildman–Crippen LogP) is 2.68. The molecular formula is C15H23N3. The Morgan fingerprint density at radius 2 is 2.28 bits per heavy atom. The number of nitrogen functional groups attached to an aromatic ring is 1. The molecule has 3 heteroatoms. The molecule has 2 rings (SSSR count). The second-order valence-electron chi connectivity index (χ2n) is 5.08. The fraction of sp³-hybridized carbons (Fsp3) is 0.533. The van der Waals surface area contributed by atoms with Crippen molar-refractivity contribution in [2.75, 3.05) is 12.8 Å². The number of anilines is 1. The number of nitrogens with two attached hydrogens (primary N) is 1. The predicted molar refractivity (Wildman–Crippen MR) is 76.4 cm³/mol. The third kappa shape index (κ3) is 3.57. The molecule has 0 bridgehead atoms. The lowest BCUT2D eigenvalue weighted by atomic mass is 9.92. The molecule has 1 aliphatic rings. The second-order valence-corrected chi connectivity index (χ2v) is 5.08. The van der Waals surface area contributed by atoms with E-state index in [-0.39, 0.29) is 0 Å². The van der Waals surface area contributed by atoms with E-state index in [0.29, 0.717) is 6.04 Å². The summed E-state index contributed by atoms with van der Waals surface area (Å²) in [5.41, 5.74) is 9.57. The molecule has 0 radical (unpaired) electrons. The first-order chi connectivity index (χ1) is 8.79. The molecule has 1 aromatic rings. The Morgan fingerprint density at radius 3 is 2.94 bits per heavy atom. The minimum Gasteiger partial charge on any atom is -0.398 e. The highest BCUT2D eigenvalue weighted by Crippen LogP contribution is 2.23. The summed E-state index contributed by atoms with van der Waals surface area (Å²) in [7, 11) is 2.03. The van der Waals surface area contributed by atoms with E-state index in [4.69, 9.17) is 5.73 Å². The maximum atomic E-state index is 5.97. The van der Waals surface area contributed by atoms with Crippen molar-refractivity contribution in [2.24, 2.45) is 0 Å². The summed E-state index contributed by atoms with van der Waals surface area (Å²) in [6.45, 7) is 0. The van der Waals surface area contributed by atoms with Gasteiger partial charge in [-0.05, 0) is 57.2 Å². The van der Waals surface area contributed by atoms with Crippen LogP contribution in [-0.2, 0) is 6.42 Å². The van der Waals surface area contributed by atoms with Crippen LogP contribution >= 0.6 is 0 Å². The fourth-order valence-corrected chi connectivity index (χ4v) is 2.56. The maximum Gasteiger partial charge on any atom is 0.0378 e. The number of rotatable bonds is 5. The van der Waals surface area contributed by atoms with Gasteiger partial charge in [-0.3, -0.25) is 4.98 Å². The Balaban J connectivity index is 1.97. The Labute approximate surface area is 109 Å². The maximum absolute atomic E-state index is 5.97. The summed E-state index contributed by atoms with van der Waals surface area (Å²) in [4.78, 5) is 4.16. The van der Waals surface area contributed by atoms with Gasteiger partial charge >= 0.3 is 0 Å². The van der Waals surface area contributed by atoms with Gasteiger partial charge in [0.05, 0.1) is 0 Å². The second kappa shape index (κ2) is 6.55. The quantitative estimate of drug-likeness (QED) is 0.784. The van der Waals surface area contributed by atoms with Gasteiger partial charge in [-0.25, -0.2) is 0 Å². The van der Waals surface area contributed by atoms with Gasteiger partial charge in [0.1, 0.15) is 0 Å². The zero-order valence-corrected chi connectivity index (χ0v) is 11.2. The Kier molecular flexibility index (Phi) is 4.76. The standard InChI is InChI=1S/C15H23N3/c1-17-14(9-12-5-3-2-4-6-12)10-13-11-18-8-7-15(13)16/h5,7-8,11,14,17H,2-4,6,9-10H2,1H3,(H2,16,18). The minimum absolute atomic E-state index is 0.459. The van der Waals surface area contributed by atoms with Crippen molar-refractivity contribution in [2.45, 2.75) is 44.6 Å². The molecule has 0 spiro atoms. The molecule has 0 aliphatic heterocycles. The van der Waals surface area contributed by atoms with Crippen LogP contribution in [-0.4, -0.2) is 18.1 Å². The van der Waals surface area contributed by atoms with Gasteiger partial charge in [0.2, 0.25) is 0 Å². The topological polar surface area (TPSA) is 50.9 Å². The van der Waals surface area contributed by atoms with Crippen LogP contribution in [0, 0.1) is 0 Å². The van der Waals surface area contributed by atoms with E-state index in [0.717, 1.165) is 24.1 Å². The van der Waals surface area contributed by atoms with Crippen LogP contribution in [0.3, 0.4) is 0 Å². The average Bonchev–Trinajstić information content (AvgIpc) is 2.41. The van der Waals surface area contributed by atoms with Crippen LogP contribution < -0.4 is 11.1 Å². The zero-order chi connectivity index (χ0) is 12.8. The molecule has 98 valence electrons. The highest BCUT2D eigenvalue weighted by Gasteiger charge is 2.13. The van der Waals surface area contributed by atoms with Crippen molar-refractivity contribution in [1.29, 1.82) is 0 Å². The van der Waals surface area contributed by atoms with Crippen molar-refractivity contribution >= 4 is 5.69 Å². The summed E-state index contributed by atoms with van der Waals surface area (Å²) in [6, 6.07) is 2.34. The lowest BCUT2D eigenvalue weighted by molar-refractivity contribution is 0.532. The zero-order valence-electron chi connectivity index (χ0n) is 11.2. The minimum atomic E-state index is 0.459. The van der Waals surface area contributed by atoms with E-state index in [1.165, 1.54) is 25.7 Å². The van der Waals surface area contributed by atoms with Gasteiger partial charge in [0.25, 0.3) is 0 Å². The van der Waals surface area contributed by atoms with Crippen LogP contribution in [0.2, 0.25) is 0 Å². The van der Waals surface area contributed by atoms with E-state index < -0.39 is 0 Å². The van der Waals surface area contributed by atoms with E-state index in [1.54, 1.807) is 11.8 Å². The number of hydrogen-bond acceptors (Lipinski definition) is 3. The number of pyridine rings is 1. The third-order valence-electron chi connectivity index (χ3n) is 3.71. The van der Waals surface area contributed by atoms with E-state index >= 15 is 0 Å². The molecule has 0 fully saturated rings. The summed E-state index contributed by atoms with van der Waals surface area (Å²) < 4.78 is 0. The molecule has 1 aromatic heterocycles. The van der Waals surface area contributed by atoms with Crippen LogP contribution in [0.25, 0.3) is 0 Å². The summed E-state index contributed by atoms with van der Waals surface area (Å²) in [5, 5.41) is 3.40. The molecule has 1 unspecified atom stereocenters. The van der Waals surface area contributed by atoms with Gasteiger partial charge in [-0.2, -0.15) is 0 Å². The van der Waals surface area contributed by atoms with Crippen LogP contribution in [0.15, 0.2) is 30.1 Å². The summed E-state index contributed by atoms with van der Waals surface area (Å²) >= 11 is 0. The number of likely N-dealkylation sites (N-methyl/N-ethyl adjacent to an activating group) is 1. The lowest BCUT2D eigenvalue weighted by Gasteiger charge is -2.21. The van der Waals surface area contributed by atoms with Crippen molar-refractivity contribution in [1.82, 2.24) is 10.3 Å².